The lowest BCUT2D eigenvalue weighted by molar-refractivity contribution is -0.165. The first-order valence-corrected chi connectivity index (χ1v) is 8.42. The molecule has 2 heterocycles. The van der Waals surface area contributed by atoms with Gasteiger partial charge in [-0.25, -0.2) is 4.79 Å². The molecule has 0 spiro atoms. The first-order chi connectivity index (χ1) is 13.0. The van der Waals surface area contributed by atoms with Crippen LogP contribution in [0.4, 0.5) is 0 Å². The zero-order chi connectivity index (χ0) is 21.2. The van der Waals surface area contributed by atoms with Crippen LogP contribution >= 0.6 is 0 Å². The predicted molar refractivity (Wildman–Crippen MR) is 92.3 cm³/mol. The number of carbonyl (C=O) groups is 3. The minimum absolute atomic E-state index is 0.0262. The van der Waals surface area contributed by atoms with E-state index in [4.69, 9.17) is 18.9 Å². The van der Waals surface area contributed by atoms with Gasteiger partial charge in [0.15, 0.2) is 12.2 Å². The molecule has 0 amide bonds. The van der Waals surface area contributed by atoms with E-state index in [2.05, 4.69) is 0 Å². The van der Waals surface area contributed by atoms with Crippen LogP contribution in [0, 0.1) is 0 Å². The maximum absolute atomic E-state index is 12.6. The van der Waals surface area contributed by atoms with Crippen molar-refractivity contribution in [3.63, 3.8) is 0 Å². The van der Waals surface area contributed by atoms with E-state index in [-0.39, 0.29) is 12.2 Å². The van der Waals surface area contributed by atoms with Crippen molar-refractivity contribution in [2.45, 2.75) is 45.2 Å². The summed E-state index contributed by atoms with van der Waals surface area (Å²) in [5.41, 5.74) is -1.18. The molecular weight excluding hydrogens is 376 g/mol. The summed E-state index contributed by atoms with van der Waals surface area (Å²) in [4.78, 5) is 58.8. The predicted octanol–water partition coefficient (Wildman–Crippen LogP) is -1.05. The second-order valence-corrected chi connectivity index (χ2v) is 6.39. The van der Waals surface area contributed by atoms with Crippen LogP contribution in [-0.2, 0) is 47.4 Å². The Hall–Kier alpha value is -2.95. The van der Waals surface area contributed by atoms with E-state index in [0.29, 0.717) is 0 Å². The summed E-state index contributed by atoms with van der Waals surface area (Å²) in [7, 11) is 2.74. The van der Waals surface area contributed by atoms with Gasteiger partial charge in [-0.05, 0) is 0 Å². The van der Waals surface area contributed by atoms with E-state index in [1.54, 1.807) is 0 Å². The van der Waals surface area contributed by atoms with Gasteiger partial charge in [-0.15, -0.1) is 0 Å². The zero-order valence-corrected chi connectivity index (χ0v) is 16.2. The number of carbonyl (C=O) groups excluding carboxylic acids is 3. The minimum Gasteiger partial charge on any atom is -0.463 e. The quantitative estimate of drug-likeness (QED) is 0.450. The second kappa shape index (κ2) is 8.38. The van der Waals surface area contributed by atoms with Gasteiger partial charge in [-0.1, -0.05) is 0 Å². The third kappa shape index (κ3) is 4.47. The molecule has 1 saturated heterocycles. The molecule has 0 aromatic carbocycles. The highest BCUT2D eigenvalue weighted by Gasteiger charge is 2.51. The van der Waals surface area contributed by atoms with Gasteiger partial charge in [0.25, 0.3) is 5.56 Å². The SMILES string of the molecule is CC(=O)OC[C@H]1O[C@@H](c2cn(C)c(=O)n(C)c2=O)[C@H](OC(C)=O)[C@@H]1OC(C)=O. The highest BCUT2D eigenvalue weighted by Crippen LogP contribution is 2.36. The molecular formula is C17H22N2O9. The first-order valence-electron chi connectivity index (χ1n) is 8.42. The Bertz CT molecular complexity index is 901. The average Bonchev–Trinajstić information content (AvgIpc) is 2.90. The minimum atomic E-state index is -1.17. The summed E-state index contributed by atoms with van der Waals surface area (Å²) in [5.74, 6) is -1.95. The Morgan fingerprint density at radius 3 is 2.11 bits per heavy atom. The molecule has 154 valence electrons. The highest BCUT2D eigenvalue weighted by atomic mass is 16.6. The summed E-state index contributed by atoms with van der Waals surface area (Å²) >= 11 is 0. The Kier molecular flexibility index (Phi) is 6.39. The Balaban J connectivity index is 2.53. The average molecular weight is 398 g/mol. The molecule has 1 fully saturated rings. The summed E-state index contributed by atoms with van der Waals surface area (Å²) in [6.45, 7) is 3.22. The lowest BCUT2D eigenvalue weighted by Gasteiger charge is -2.23. The molecule has 2 rings (SSSR count). The van der Waals surface area contributed by atoms with Crippen LogP contribution in [0.1, 0.15) is 32.4 Å². The molecule has 0 aliphatic carbocycles. The zero-order valence-electron chi connectivity index (χ0n) is 16.2. The molecule has 1 aromatic heterocycles. The fourth-order valence-corrected chi connectivity index (χ4v) is 3.00. The number of aromatic nitrogens is 2. The van der Waals surface area contributed by atoms with Crippen molar-refractivity contribution < 1.29 is 33.3 Å². The van der Waals surface area contributed by atoms with Gasteiger partial charge in [0.2, 0.25) is 0 Å². The van der Waals surface area contributed by atoms with Crippen LogP contribution in [-0.4, -0.2) is 52.0 Å². The van der Waals surface area contributed by atoms with E-state index in [1.165, 1.54) is 31.8 Å². The molecule has 11 heteroatoms. The van der Waals surface area contributed by atoms with Gasteiger partial charge in [-0.3, -0.25) is 23.7 Å². The van der Waals surface area contributed by atoms with E-state index in [1.807, 2.05) is 0 Å². The van der Waals surface area contributed by atoms with Crippen molar-refractivity contribution in [3.05, 3.63) is 32.6 Å². The largest absolute Gasteiger partial charge is 0.463 e. The number of ether oxygens (including phenoxy) is 4. The van der Waals surface area contributed by atoms with Gasteiger partial charge >= 0.3 is 23.6 Å². The van der Waals surface area contributed by atoms with Crippen molar-refractivity contribution >= 4 is 17.9 Å². The summed E-state index contributed by atoms with van der Waals surface area (Å²) in [6.07, 6.45) is -3.14. The van der Waals surface area contributed by atoms with E-state index in [0.717, 1.165) is 18.4 Å². The topological polar surface area (TPSA) is 132 Å². The van der Waals surface area contributed by atoms with Gasteiger partial charge in [-0.2, -0.15) is 0 Å². The number of aryl methyl sites for hydroxylation is 1. The van der Waals surface area contributed by atoms with Gasteiger partial charge < -0.3 is 23.5 Å². The second-order valence-electron chi connectivity index (χ2n) is 6.39. The fraction of sp³-hybridized carbons (Fsp3) is 0.588. The lowest BCUT2D eigenvalue weighted by atomic mass is 10.0. The number of esters is 3. The third-order valence-electron chi connectivity index (χ3n) is 4.14. The van der Waals surface area contributed by atoms with Crippen LogP contribution in [0.15, 0.2) is 15.8 Å². The van der Waals surface area contributed by atoms with Crippen LogP contribution in [0.25, 0.3) is 0 Å². The molecule has 4 atom stereocenters. The highest BCUT2D eigenvalue weighted by molar-refractivity contribution is 5.68. The van der Waals surface area contributed by atoms with Crippen molar-refractivity contribution in [1.82, 2.24) is 9.13 Å². The molecule has 1 aliphatic rings. The maximum atomic E-state index is 12.6. The maximum Gasteiger partial charge on any atom is 0.330 e. The number of hydrogen-bond donors (Lipinski definition) is 0. The van der Waals surface area contributed by atoms with Crippen molar-refractivity contribution in [1.29, 1.82) is 0 Å². The van der Waals surface area contributed by atoms with Gasteiger partial charge in [0, 0.05) is 41.1 Å². The van der Waals surface area contributed by atoms with E-state index < -0.39 is 53.6 Å². The first kappa shape index (κ1) is 21.4. The monoisotopic (exact) mass is 398 g/mol. The molecule has 11 nitrogen and oxygen atoms in total. The van der Waals surface area contributed by atoms with Crippen molar-refractivity contribution in [2.75, 3.05) is 6.61 Å². The fourth-order valence-electron chi connectivity index (χ4n) is 3.00. The number of nitrogens with zero attached hydrogens (tertiary/aromatic N) is 2. The standard InChI is InChI=1S/C17H22N2O9/c1-8(20)25-7-12-14(26-9(2)21)15(27-10(3)22)13(28-12)11-6-18(4)17(24)19(5)16(11)23/h6,12-15H,7H2,1-5H3/t12-,13+,14-,15+/m1/s1. The Morgan fingerprint density at radius 1 is 1.00 bits per heavy atom. The molecule has 1 aromatic rings. The molecule has 0 N–H and O–H groups in total. The smallest absolute Gasteiger partial charge is 0.330 e. The Labute approximate surface area is 159 Å². The van der Waals surface area contributed by atoms with E-state index in [9.17, 15) is 24.0 Å². The van der Waals surface area contributed by atoms with Gasteiger partial charge in [0.1, 0.15) is 18.8 Å². The third-order valence-corrected chi connectivity index (χ3v) is 4.14. The van der Waals surface area contributed by atoms with Crippen LogP contribution in [0.2, 0.25) is 0 Å². The normalized spacial score (nSPS) is 23.9. The number of hydrogen-bond acceptors (Lipinski definition) is 9. The van der Waals surface area contributed by atoms with Crippen molar-refractivity contribution in [2.24, 2.45) is 14.1 Å². The molecule has 0 saturated carbocycles. The van der Waals surface area contributed by atoms with Crippen LogP contribution < -0.4 is 11.2 Å². The molecule has 0 unspecified atom stereocenters. The molecule has 28 heavy (non-hydrogen) atoms. The summed E-state index contributed by atoms with van der Waals surface area (Å²) in [5, 5.41) is 0. The molecule has 1 aliphatic heterocycles. The molecule has 0 bridgehead atoms. The summed E-state index contributed by atoms with van der Waals surface area (Å²) in [6, 6.07) is 0. The van der Waals surface area contributed by atoms with E-state index >= 15 is 0 Å². The van der Waals surface area contributed by atoms with Crippen LogP contribution in [0.5, 0.6) is 0 Å². The number of rotatable bonds is 5. The van der Waals surface area contributed by atoms with Crippen molar-refractivity contribution in [3.8, 4) is 0 Å². The Morgan fingerprint density at radius 2 is 1.57 bits per heavy atom. The van der Waals surface area contributed by atoms with Crippen LogP contribution in [0.3, 0.4) is 0 Å². The summed E-state index contributed by atoms with van der Waals surface area (Å²) < 4.78 is 23.3. The lowest BCUT2D eigenvalue weighted by Crippen LogP contribution is -2.42. The molecule has 0 radical (unpaired) electrons. The van der Waals surface area contributed by atoms with Gasteiger partial charge in [0.05, 0.1) is 5.56 Å².